The molecule has 1 atom stereocenters. The monoisotopic (exact) mass is 170 g/mol. The maximum absolute atomic E-state index is 9.41. The summed E-state index contributed by atoms with van der Waals surface area (Å²) in [5.74, 6) is 0. The summed E-state index contributed by atoms with van der Waals surface area (Å²) >= 11 is 0. The van der Waals surface area contributed by atoms with Crippen LogP contribution < -0.4 is 0 Å². The van der Waals surface area contributed by atoms with Gasteiger partial charge in [-0.15, -0.1) is 0 Å². The van der Waals surface area contributed by atoms with Gasteiger partial charge in [-0.2, -0.15) is 0 Å². The van der Waals surface area contributed by atoms with Gasteiger partial charge in [0.1, 0.15) is 0 Å². The maximum Gasteiger partial charge on any atom is 0.0540 e. The van der Waals surface area contributed by atoms with Gasteiger partial charge in [-0.3, -0.25) is 0 Å². The van der Waals surface area contributed by atoms with Crippen molar-refractivity contribution in [2.75, 3.05) is 0 Å². The standard InChI is InChI=1S/C11H22O/c1-4-7-11(12)9-6-8-10(3)5-2/h11-12H,3-9H2,1-2H3. The zero-order chi connectivity index (χ0) is 9.40. The van der Waals surface area contributed by atoms with Crippen LogP contribution in [0.2, 0.25) is 0 Å². The predicted molar refractivity (Wildman–Crippen MR) is 54.2 cm³/mol. The molecule has 0 aromatic carbocycles. The summed E-state index contributed by atoms with van der Waals surface area (Å²) in [5, 5.41) is 9.41. The van der Waals surface area contributed by atoms with Crippen molar-refractivity contribution in [3.8, 4) is 0 Å². The highest BCUT2D eigenvalue weighted by atomic mass is 16.3. The van der Waals surface area contributed by atoms with Gasteiger partial charge < -0.3 is 5.11 Å². The molecule has 1 heteroatoms. The van der Waals surface area contributed by atoms with E-state index in [9.17, 15) is 5.11 Å². The Morgan fingerprint density at radius 2 is 2.00 bits per heavy atom. The van der Waals surface area contributed by atoms with Crippen molar-refractivity contribution in [3.05, 3.63) is 12.2 Å². The molecule has 0 aromatic rings. The Morgan fingerprint density at radius 3 is 2.50 bits per heavy atom. The smallest absolute Gasteiger partial charge is 0.0540 e. The molecule has 0 rings (SSSR count). The topological polar surface area (TPSA) is 20.2 Å². The SMILES string of the molecule is C=C(CC)CCCC(O)CCC. The molecule has 0 fully saturated rings. The van der Waals surface area contributed by atoms with Crippen LogP contribution in [0.1, 0.15) is 52.4 Å². The molecule has 0 aromatic heterocycles. The predicted octanol–water partition coefficient (Wildman–Crippen LogP) is 3.28. The first kappa shape index (κ1) is 11.7. The molecule has 0 spiro atoms. The fraction of sp³-hybridized carbons (Fsp3) is 0.818. The Kier molecular flexibility index (Phi) is 7.17. The average Bonchev–Trinajstić information content (AvgIpc) is 2.04. The highest BCUT2D eigenvalue weighted by Gasteiger charge is 2.01. The van der Waals surface area contributed by atoms with Crippen LogP contribution in [-0.4, -0.2) is 11.2 Å². The number of hydrogen-bond acceptors (Lipinski definition) is 1. The largest absolute Gasteiger partial charge is 0.393 e. The lowest BCUT2D eigenvalue weighted by Gasteiger charge is -2.08. The van der Waals surface area contributed by atoms with E-state index in [4.69, 9.17) is 0 Å². The quantitative estimate of drug-likeness (QED) is 0.581. The molecular formula is C11H22O. The molecular weight excluding hydrogens is 148 g/mol. The zero-order valence-corrected chi connectivity index (χ0v) is 8.47. The second-order valence-corrected chi connectivity index (χ2v) is 3.44. The van der Waals surface area contributed by atoms with E-state index in [2.05, 4.69) is 20.4 Å². The summed E-state index contributed by atoms with van der Waals surface area (Å²) in [6, 6.07) is 0. The molecule has 0 aliphatic carbocycles. The van der Waals surface area contributed by atoms with Crippen LogP contribution in [0.3, 0.4) is 0 Å². The highest BCUT2D eigenvalue weighted by molar-refractivity contribution is 4.91. The first-order chi connectivity index (χ1) is 5.70. The molecule has 0 aliphatic heterocycles. The summed E-state index contributed by atoms with van der Waals surface area (Å²) in [5.41, 5.74) is 1.30. The Hall–Kier alpha value is -0.300. The molecule has 1 N–H and O–H groups in total. The number of aliphatic hydroxyl groups excluding tert-OH is 1. The normalized spacial score (nSPS) is 12.9. The first-order valence-electron chi connectivity index (χ1n) is 5.05. The van der Waals surface area contributed by atoms with Crippen molar-refractivity contribution in [1.29, 1.82) is 0 Å². The fourth-order valence-corrected chi connectivity index (χ4v) is 1.24. The third kappa shape index (κ3) is 6.41. The van der Waals surface area contributed by atoms with Gasteiger partial charge in [0, 0.05) is 0 Å². The van der Waals surface area contributed by atoms with Gasteiger partial charge >= 0.3 is 0 Å². The number of aliphatic hydroxyl groups is 1. The minimum atomic E-state index is -0.0837. The van der Waals surface area contributed by atoms with Gasteiger partial charge in [0.05, 0.1) is 6.10 Å². The molecule has 0 heterocycles. The van der Waals surface area contributed by atoms with E-state index in [1.807, 2.05) is 0 Å². The summed E-state index contributed by atoms with van der Waals surface area (Å²) in [7, 11) is 0. The van der Waals surface area contributed by atoms with Crippen LogP contribution in [0.15, 0.2) is 12.2 Å². The van der Waals surface area contributed by atoms with Crippen LogP contribution in [0.25, 0.3) is 0 Å². The van der Waals surface area contributed by atoms with Crippen LogP contribution in [0.5, 0.6) is 0 Å². The van der Waals surface area contributed by atoms with Crippen molar-refractivity contribution >= 4 is 0 Å². The van der Waals surface area contributed by atoms with Crippen molar-refractivity contribution in [3.63, 3.8) is 0 Å². The van der Waals surface area contributed by atoms with Crippen LogP contribution in [0, 0.1) is 0 Å². The molecule has 0 bridgehead atoms. The molecule has 72 valence electrons. The van der Waals surface area contributed by atoms with E-state index in [1.165, 1.54) is 5.57 Å². The lowest BCUT2D eigenvalue weighted by atomic mass is 10.0. The Bertz CT molecular complexity index is 118. The van der Waals surface area contributed by atoms with E-state index in [1.54, 1.807) is 0 Å². The Morgan fingerprint density at radius 1 is 1.33 bits per heavy atom. The third-order valence-corrected chi connectivity index (χ3v) is 2.19. The molecule has 0 saturated heterocycles. The van der Waals surface area contributed by atoms with Gasteiger partial charge in [-0.1, -0.05) is 32.4 Å². The molecule has 0 radical (unpaired) electrons. The lowest BCUT2D eigenvalue weighted by Crippen LogP contribution is -2.05. The Labute approximate surface area is 76.5 Å². The van der Waals surface area contributed by atoms with Crippen LogP contribution in [0.4, 0.5) is 0 Å². The third-order valence-electron chi connectivity index (χ3n) is 2.19. The van der Waals surface area contributed by atoms with E-state index in [0.717, 1.165) is 38.5 Å². The van der Waals surface area contributed by atoms with Crippen molar-refractivity contribution in [2.24, 2.45) is 0 Å². The van der Waals surface area contributed by atoms with Gasteiger partial charge in [0.2, 0.25) is 0 Å². The summed E-state index contributed by atoms with van der Waals surface area (Å²) < 4.78 is 0. The second-order valence-electron chi connectivity index (χ2n) is 3.44. The number of rotatable bonds is 7. The molecule has 1 nitrogen and oxygen atoms in total. The zero-order valence-electron chi connectivity index (χ0n) is 8.47. The molecule has 0 amide bonds. The summed E-state index contributed by atoms with van der Waals surface area (Å²) in [6.45, 7) is 8.17. The van der Waals surface area contributed by atoms with Gasteiger partial charge in [0.15, 0.2) is 0 Å². The molecule has 0 aliphatic rings. The van der Waals surface area contributed by atoms with Gasteiger partial charge in [0.25, 0.3) is 0 Å². The average molecular weight is 170 g/mol. The summed E-state index contributed by atoms with van der Waals surface area (Å²) in [6.07, 6.45) is 6.12. The van der Waals surface area contributed by atoms with Crippen LogP contribution in [-0.2, 0) is 0 Å². The van der Waals surface area contributed by atoms with Crippen molar-refractivity contribution in [1.82, 2.24) is 0 Å². The van der Waals surface area contributed by atoms with Crippen LogP contribution >= 0.6 is 0 Å². The molecule has 1 unspecified atom stereocenters. The fourth-order valence-electron chi connectivity index (χ4n) is 1.24. The van der Waals surface area contributed by atoms with Crippen molar-refractivity contribution < 1.29 is 5.11 Å². The molecule has 0 saturated carbocycles. The van der Waals surface area contributed by atoms with Gasteiger partial charge in [-0.05, 0) is 32.1 Å². The highest BCUT2D eigenvalue weighted by Crippen LogP contribution is 2.12. The van der Waals surface area contributed by atoms with E-state index in [-0.39, 0.29) is 6.10 Å². The minimum absolute atomic E-state index is 0.0837. The van der Waals surface area contributed by atoms with Gasteiger partial charge in [-0.25, -0.2) is 0 Å². The first-order valence-corrected chi connectivity index (χ1v) is 5.05. The minimum Gasteiger partial charge on any atom is -0.393 e. The lowest BCUT2D eigenvalue weighted by molar-refractivity contribution is 0.151. The number of allylic oxidation sites excluding steroid dienone is 1. The second kappa shape index (κ2) is 7.35. The van der Waals surface area contributed by atoms with E-state index < -0.39 is 0 Å². The molecule has 12 heavy (non-hydrogen) atoms. The van der Waals surface area contributed by atoms with Crippen molar-refractivity contribution in [2.45, 2.75) is 58.5 Å². The number of hydrogen-bond donors (Lipinski definition) is 1. The Balaban J connectivity index is 3.24. The summed E-state index contributed by atoms with van der Waals surface area (Å²) in [4.78, 5) is 0. The van der Waals surface area contributed by atoms with E-state index in [0.29, 0.717) is 0 Å². The maximum atomic E-state index is 9.41. The van der Waals surface area contributed by atoms with E-state index >= 15 is 0 Å².